The van der Waals surface area contributed by atoms with Crippen molar-refractivity contribution in [1.29, 1.82) is 0 Å². The molecule has 1 N–H and O–H groups in total. The lowest BCUT2D eigenvalue weighted by Crippen LogP contribution is -2.14. The standard InChI is InChI=1S/C18H17F3N2OS/c19-18(20,21)14-7-3-6-13(8-14)9-15-11-22-17(25-15)23-16(24)10-12-4-1-2-5-12/h1,3-4,6-8,11-12H,2,5,9-10H2,(H,22,23,24). The molecule has 132 valence electrons. The first-order chi connectivity index (χ1) is 11.9. The van der Waals surface area contributed by atoms with Crippen LogP contribution in [-0.4, -0.2) is 10.9 Å². The van der Waals surface area contributed by atoms with Gasteiger partial charge in [0.2, 0.25) is 5.91 Å². The van der Waals surface area contributed by atoms with Gasteiger partial charge in [-0.15, -0.1) is 11.3 Å². The SMILES string of the molecule is O=C(CC1C=CCC1)Nc1ncc(Cc2cccc(C(F)(F)F)c2)s1. The van der Waals surface area contributed by atoms with E-state index in [9.17, 15) is 18.0 Å². The molecule has 0 radical (unpaired) electrons. The summed E-state index contributed by atoms with van der Waals surface area (Å²) >= 11 is 1.28. The molecule has 3 rings (SSSR count). The molecule has 1 heterocycles. The Morgan fingerprint density at radius 2 is 2.20 bits per heavy atom. The highest BCUT2D eigenvalue weighted by molar-refractivity contribution is 7.15. The Balaban J connectivity index is 1.60. The average Bonchev–Trinajstić information content (AvgIpc) is 3.19. The molecule has 3 nitrogen and oxygen atoms in total. The predicted molar refractivity (Wildman–Crippen MR) is 91.5 cm³/mol. The fourth-order valence-electron chi connectivity index (χ4n) is 2.78. The Bertz CT molecular complexity index is 783. The molecule has 0 fully saturated rings. The van der Waals surface area contributed by atoms with Crippen LogP contribution < -0.4 is 5.32 Å². The number of rotatable bonds is 5. The van der Waals surface area contributed by atoms with Crippen LogP contribution in [0.1, 0.15) is 35.3 Å². The van der Waals surface area contributed by atoms with E-state index in [1.807, 2.05) is 0 Å². The number of benzene rings is 1. The van der Waals surface area contributed by atoms with Crippen molar-refractivity contribution in [3.8, 4) is 0 Å². The highest BCUT2D eigenvalue weighted by Gasteiger charge is 2.30. The molecule has 1 atom stereocenters. The molecule has 2 aromatic rings. The number of hydrogen-bond acceptors (Lipinski definition) is 3. The Morgan fingerprint density at radius 3 is 2.92 bits per heavy atom. The first kappa shape index (κ1) is 17.7. The van der Waals surface area contributed by atoms with Crippen LogP contribution in [0.3, 0.4) is 0 Å². The third-order valence-corrected chi connectivity index (χ3v) is 4.91. The summed E-state index contributed by atoms with van der Waals surface area (Å²) in [5, 5.41) is 3.25. The number of carbonyl (C=O) groups is 1. The van der Waals surface area contributed by atoms with Crippen molar-refractivity contribution in [3.63, 3.8) is 0 Å². The van der Waals surface area contributed by atoms with Gasteiger partial charge in [0, 0.05) is 23.9 Å². The minimum absolute atomic E-state index is 0.0866. The van der Waals surface area contributed by atoms with Crippen LogP contribution in [0.15, 0.2) is 42.6 Å². The van der Waals surface area contributed by atoms with Gasteiger partial charge < -0.3 is 5.32 Å². The molecule has 0 bridgehead atoms. The minimum Gasteiger partial charge on any atom is -0.302 e. The van der Waals surface area contributed by atoms with Crippen LogP contribution in [0, 0.1) is 5.92 Å². The maximum atomic E-state index is 12.8. The van der Waals surface area contributed by atoms with Crippen molar-refractivity contribution in [2.45, 2.75) is 31.9 Å². The largest absolute Gasteiger partial charge is 0.416 e. The normalized spacial score (nSPS) is 17.0. The summed E-state index contributed by atoms with van der Waals surface area (Å²) in [5.41, 5.74) is -0.0971. The molecule has 1 aliphatic rings. The number of aromatic nitrogens is 1. The van der Waals surface area contributed by atoms with Crippen molar-refractivity contribution in [3.05, 3.63) is 58.6 Å². The highest BCUT2D eigenvalue weighted by Crippen LogP contribution is 2.30. The second-order valence-electron chi connectivity index (χ2n) is 6.02. The first-order valence-corrected chi connectivity index (χ1v) is 8.79. The summed E-state index contributed by atoms with van der Waals surface area (Å²) in [6.45, 7) is 0. The van der Waals surface area contributed by atoms with Crippen molar-refractivity contribution < 1.29 is 18.0 Å². The molecule has 25 heavy (non-hydrogen) atoms. The number of anilines is 1. The number of halogens is 3. The molecular formula is C18H17F3N2OS. The molecule has 0 aliphatic heterocycles. The van der Waals surface area contributed by atoms with Crippen LogP contribution in [0.5, 0.6) is 0 Å². The number of amides is 1. The Kier molecular flexibility index (Phi) is 5.22. The Labute approximate surface area is 147 Å². The van der Waals surface area contributed by atoms with Gasteiger partial charge in [-0.3, -0.25) is 4.79 Å². The molecule has 1 aliphatic carbocycles. The van der Waals surface area contributed by atoms with Crippen molar-refractivity contribution >= 4 is 22.4 Å². The average molecular weight is 366 g/mol. The zero-order valence-corrected chi connectivity index (χ0v) is 14.2. The molecule has 1 aromatic heterocycles. The van der Waals surface area contributed by atoms with E-state index >= 15 is 0 Å². The quantitative estimate of drug-likeness (QED) is 0.753. The molecule has 7 heteroatoms. The van der Waals surface area contributed by atoms with E-state index < -0.39 is 11.7 Å². The molecule has 1 unspecified atom stereocenters. The van der Waals surface area contributed by atoms with Crippen LogP contribution in [-0.2, 0) is 17.4 Å². The van der Waals surface area contributed by atoms with E-state index in [1.54, 1.807) is 12.3 Å². The fraction of sp³-hybridized carbons (Fsp3) is 0.333. The third kappa shape index (κ3) is 4.92. The van der Waals surface area contributed by atoms with Crippen LogP contribution in [0.2, 0.25) is 0 Å². The summed E-state index contributed by atoms with van der Waals surface area (Å²) in [5.74, 6) is 0.195. The van der Waals surface area contributed by atoms with Gasteiger partial charge in [-0.05, 0) is 30.4 Å². The predicted octanol–water partition coefficient (Wildman–Crippen LogP) is 5.05. The molecule has 1 aromatic carbocycles. The van der Waals surface area contributed by atoms with Crippen LogP contribution >= 0.6 is 11.3 Å². The van der Waals surface area contributed by atoms with Gasteiger partial charge in [-0.25, -0.2) is 4.98 Å². The van der Waals surface area contributed by atoms with E-state index in [4.69, 9.17) is 0 Å². The van der Waals surface area contributed by atoms with E-state index in [0.29, 0.717) is 23.5 Å². The van der Waals surface area contributed by atoms with Crippen LogP contribution in [0.25, 0.3) is 0 Å². The van der Waals surface area contributed by atoms with E-state index in [0.717, 1.165) is 29.9 Å². The summed E-state index contributed by atoms with van der Waals surface area (Å²) in [6.07, 6.45) is 4.16. The number of alkyl halides is 3. The third-order valence-electron chi connectivity index (χ3n) is 3.99. The van der Waals surface area contributed by atoms with Crippen molar-refractivity contribution in [2.75, 3.05) is 5.32 Å². The Hall–Kier alpha value is -2.15. The van der Waals surface area contributed by atoms with E-state index in [1.165, 1.54) is 17.4 Å². The molecule has 0 saturated carbocycles. The van der Waals surface area contributed by atoms with Gasteiger partial charge in [-0.2, -0.15) is 13.2 Å². The van der Waals surface area contributed by atoms with Crippen LogP contribution in [0.4, 0.5) is 18.3 Å². The molecule has 0 saturated heterocycles. The van der Waals surface area contributed by atoms with Gasteiger partial charge in [0.05, 0.1) is 5.56 Å². The molecule has 0 spiro atoms. The Morgan fingerprint density at radius 1 is 1.36 bits per heavy atom. The summed E-state index contributed by atoms with van der Waals surface area (Å²) in [4.78, 5) is 16.9. The zero-order chi connectivity index (χ0) is 17.9. The second-order valence-corrected chi connectivity index (χ2v) is 7.14. The zero-order valence-electron chi connectivity index (χ0n) is 13.3. The number of thiazole rings is 1. The maximum Gasteiger partial charge on any atom is 0.416 e. The molecular weight excluding hydrogens is 349 g/mol. The lowest BCUT2D eigenvalue weighted by Gasteiger charge is -2.08. The minimum atomic E-state index is -4.35. The number of allylic oxidation sites excluding steroid dienone is 2. The summed E-state index contributed by atoms with van der Waals surface area (Å²) in [7, 11) is 0. The van der Waals surface area contributed by atoms with Gasteiger partial charge in [0.1, 0.15) is 0 Å². The fourth-order valence-corrected chi connectivity index (χ4v) is 3.64. The second kappa shape index (κ2) is 7.39. The van der Waals surface area contributed by atoms with E-state index in [-0.39, 0.29) is 11.8 Å². The maximum absolute atomic E-state index is 12.8. The topological polar surface area (TPSA) is 42.0 Å². The van der Waals surface area contributed by atoms with Gasteiger partial charge in [0.15, 0.2) is 5.13 Å². The first-order valence-electron chi connectivity index (χ1n) is 7.97. The number of carbonyl (C=O) groups excluding carboxylic acids is 1. The van der Waals surface area contributed by atoms with Gasteiger partial charge in [-0.1, -0.05) is 30.4 Å². The summed E-state index contributed by atoms with van der Waals surface area (Å²) in [6, 6.07) is 5.25. The lowest BCUT2D eigenvalue weighted by molar-refractivity contribution is -0.137. The molecule has 1 amide bonds. The van der Waals surface area contributed by atoms with Crippen molar-refractivity contribution in [1.82, 2.24) is 4.98 Å². The van der Waals surface area contributed by atoms with Gasteiger partial charge >= 0.3 is 6.18 Å². The smallest absolute Gasteiger partial charge is 0.302 e. The number of nitrogens with zero attached hydrogens (tertiary/aromatic N) is 1. The lowest BCUT2D eigenvalue weighted by atomic mass is 10.1. The number of nitrogens with one attached hydrogen (secondary N) is 1. The monoisotopic (exact) mass is 366 g/mol. The summed E-state index contributed by atoms with van der Waals surface area (Å²) < 4.78 is 38.3. The highest BCUT2D eigenvalue weighted by atomic mass is 32.1. The van der Waals surface area contributed by atoms with Gasteiger partial charge in [0.25, 0.3) is 0 Å². The van der Waals surface area contributed by atoms with Crippen molar-refractivity contribution in [2.24, 2.45) is 5.92 Å². The van der Waals surface area contributed by atoms with E-state index in [2.05, 4.69) is 22.5 Å². The number of hydrogen-bond donors (Lipinski definition) is 1.